The van der Waals surface area contributed by atoms with E-state index >= 15 is 0 Å². The lowest BCUT2D eigenvalue weighted by molar-refractivity contribution is 0.102. The van der Waals surface area contributed by atoms with Crippen molar-refractivity contribution < 1.29 is 9.53 Å². The average Bonchev–Trinajstić information content (AvgIpc) is 2.66. The van der Waals surface area contributed by atoms with Gasteiger partial charge in [-0.1, -0.05) is 23.7 Å². The van der Waals surface area contributed by atoms with Gasteiger partial charge in [-0.25, -0.2) is 9.97 Å². The largest absolute Gasteiger partial charge is 0.495 e. The van der Waals surface area contributed by atoms with Crippen molar-refractivity contribution in [1.29, 1.82) is 0 Å². The average molecular weight is 383 g/mol. The lowest BCUT2D eigenvalue weighted by Gasteiger charge is -2.11. The van der Waals surface area contributed by atoms with Crippen LogP contribution in [0.15, 0.2) is 48.7 Å². The normalized spacial score (nSPS) is 10.4. The van der Waals surface area contributed by atoms with Gasteiger partial charge in [-0.15, -0.1) is 0 Å². The van der Waals surface area contributed by atoms with E-state index in [1.165, 1.54) is 6.20 Å². The summed E-state index contributed by atoms with van der Waals surface area (Å²) in [6, 6.07) is 12.5. The molecule has 1 amide bonds. The number of aryl methyl sites for hydroxylation is 1. The van der Waals surface area contributed by atoms with Crippen LogP contribution in [0.3, 0.4) is 0 Å². The van der Waals surface area contributed by atoms with Crippen LogP contribution in [0.25, 0.3) is 0 Å². The number of methoxy groups -OCH3 is 1. The van der Waals surface area contributed by atoms with Gasteiger partial charge in [0.25, 0.3) is 5.91 Å². The first kappa shape index (κ1) is 18.7. The van der Waals surface area contributed by atoms with Crippen molar-refractivity contribution in [3.63, 3.8) is 0 Å². The highest BCUT2D eigenvalue weighted by molar-refractivity contribution is 6.32. The Bertz CT molecular complexity index is 991. The molecule has 3 rings (SSSR count). The molecule has 0 saturated heterocycles. The molecule has 1 heterocycles. The molecule has 0 bridgehead atoms. The maximum Gasteiger partial charge on any atom is 0.274 e. The number of anilines is 3. The van der Waals surface area contributed by atoms with E-state index in [1.54, 1.807) is 31.4 Å². The summed E-state index contributed by atoms with van der Waals surface area (Å²) in [6.45, 7) is 3.96. The van der Waals surface area contributed by atoms with Gasteiger partial charge in [0.05, 0.1) is 12.1 Å². The summed E-state index contributed by atoms with van der Waals surface area (Å²) in [5.41, 5.74) is 3.83. The predicted octanol–water partition coefficient (Wildman–Crippen LogP) is 4.75. The molecule has 0 aliphatic carbocycles. The van der Waals surface area contributed by atoms with Gasteiger partial charge in [0.1, 0.15) is 11.4 Å². The van der Waals surface area contributed by atoms with Crippen molar-refractivity contribution in [2.45, 2.75) is 13.8 Å². The van der Waals surface area contributed by atoms with E-state index < -0.39 is 0 Å². The molecule has 6 nitrogen and oxygen atoms in total. The molecule has 0 unspecified atom stereocenters. The number of nitrogens with one attached hydrogen (secondary N) is 2. The number of benzene rings is 2. The minimum absolute atomic E-state index is 0.257. The maximum absolute atomic E-state index is 12.6. The molecule has 0 aliphatic rings. The van der Waals surface area contributed by atoms with Gasteiger partial charge in [-0.3, -0.25) is 4.79 Å². The molecule has 2 aromatic carbocycles. The Kier molecular flexibility index (Phi) is 5.57. The fraction of sp³-hybridized carbons (Fsp3) is 0.150. The summed E-state index contributed by atoms with van der Waals surface area (Å²) in [5, 5.41) is 6.39. The first-order valence-corrected chi connectivity index (χ1v) is 8.67. The van der Waals surface area contributed by atoms with Crippen LogP contribution in [0.2, 0.25) is 5.02 Å². The molecule has 27 heavy (non-hydrogen) atoms. The van der Waals surface area contributed by atoms with E-state index in [9.17, 15) is 4.79 Å². The van der Waals surface area contributed by atoms with Gasteiger partial charge in [0.2, 0.25) is 5.95 Å². The number of aromatic nitrogens is 2. The lowest BCUT2D eigenvalue weighted by Crippen LogP contribution is -2.15. The Morgan fingerprint density at radius 3 is 2.70 bits per heavy atom. The number of hydrogen-bond donors (Lipinski definition) is 2. The van der Waals surface area contributed by atoms with Gasteiger partial charge in [-0.2, -0.15) is 0 Å². The Labute approximate surface area is 162 Å². The van der Waals surface area contributed by atoms with Crippen LogP contribution in [0.4, 0.5) is 17.3 Å². The van der Waals surface area contributed by atoms with Crippen LogP contribution in [0.1, 0.15) is 21.6 Å². The third-order valence-electron chi connectivity index (χ3n) is 4.15. The van der Waals surface area contributed by atoms with E-state index in [0.717, 1.165) is 16.8 Å². The second kappa shape index (κ2) is 8.05. The van der Waals surface area contributed by atoms with Crippen LogP contribution >= 0.6 is 11.6 Å². The summed E-state index contributed by atoms with van der Waals surface area (Å²) in [4.78, 5) is 21.0. The van der Waals surface area contributed by atoms with E-state index in [2.05, 4.69) is 20.6 Å². The standard InChI is InChI=1S/C20H19ClN4O2/c1-12-5-4-6-16(13(12)2)24-19(26)17-9-10-22-20(25-17)23-14-7-8-18(27-3)15(21)11-14/h4-11H,1-3H3,(H,24,26)(H,22,23,25). The van der Waals surface area contributed by atoms with Gasteiger partial charge < -0.3 is 15.4 Å². The van der Waals surface area contributed by atoms with Gasteiger partial charge >= 0.3 is 0 Å². The quantitative estimate of drug-likeness (QED) is 0.665. The fourth-order valence-corrected chi connectivity index (χ4v) is 2.75. The number of carbonyl (C=O) groups excluding carboxylic acids is 1. The minimum atomic E-state index is -0.304. The monoisotopic (exact) mass is 382 g/mol. The third kappa shape index (κ3) is 4.35. The molecule has 0 atom stereocenters. The first-order valence-electron chi connectivity index (χ1n) is 8.29. The Hall–Kier alpha value is -3.12. The number of ether oxygens (including phenoxy) is 1. The van der Waals surface area contributed by atoms with Crippen LogP contribution in [0, 0.1) is 13.8 Å². The number of nitrogens with zero attached hydrogens (tertiary/aromatic N) is 2. The van der Waals surface area contributed by atoms with E-state index in [4.69, 9.17) is 16.3 Å². The number of carbonyl (C=O) groups is 1. The predicted molar refractivity (Wildman–Crippen MR) is 107 cm³/mol. The van der Waals surface area contributed by atoms with Crippen molar-refractivity contribution in [3.05, 3.63) is 70.5 Å². The number of hydrogen-bond acceptors (Lipinski definition) is 5. The highest BCUT2D eigenvalue weighted by atomic mass is 35.5. The summed E-state index contributed by atoms with van der Waals surface area (Å²) in [5.74, 6) is 0.566. The molecule has 0 radical (unpaired) electrons. The van der Waals surface area contributed by atoms with Crippen LogP contribution < -0.4 is 15.4 Å². The third-order valence-corrected chi connectivity index (χ3v) is 4.44. The summed E-state index contributed by atoms with van der Waals surface area (Å²) < 4.78 is 5.13. The summed E-state index contributed by atoms with van der Waals surface area (Å²) in [7, 11) is 1.55. The Morgan fingerprint density at radius 2 is 1.96 bits per heavy atom. The molecule has 138 valence electrons. The topological polar surface area (TPSA) is 76.1 Å². The molecule has 0 fully saturated rings. The number of rotatable bonds is 5. The molecule has 3 aromatic rings. The lowest BCUT2D eigenvalue weighted by atomic mass is 10.1. The molecule has 2 N–H and O–H groups in total. The highest BCUT2D eigenvalue weighted by Gasteiger charge is 2.12. The van der Waals surface area contributed by atoms with Gasteiger partial charge in [0, 0.05) is 17.6 Å². The number of halogens is 1. The van der Waals surface area contributed by atoms with Gasteiger partial charge in [-0.05, 0) is 55.3 Å². The smallest absolute Gasteiger partial charge is 0.274 e. The zero-order valence-electron chi connectivity index (χ0n) is 15.2. The van der Waals surface area contributed by atoms with E-state index in [1.807, 2.05) is 32.0 Å². The Morgan fingerprint density at radius 1 is 1.15 bits per heavy atom. The van der Waals surface area contributed by atoms with E-state index in [-0.39, 0.29) is 11.6 Å². The van der Waals surface area contributed by atoms with Crippen molar-refractivity contribution >= 4 is 34.8 Å². The van der Waals surface area contributed by atoms with Gasteiger partial charge in [0.15, 0.2) is 0 Å². The second-order valence-electron chi connectivity index (χ2n) is 5.94. The minimum Gasteiger partial charge on any atom is -0.495 e. The Balaban J connectivity index is 1.77. The van der Waals surface area contributed by atoms with Crippen LogP contribution in [-0.4, -0.2) is 23.0 Å². The second-order valence-corrected chi connectivity index (χ2v) is 6.35. The number of amides is 1. The molecular formula is C20H19ClN4O2. The molecule has 0 spiro atoms. The van der Waals surface area contributed by atoms with Crippen molar-refractivity contribution in [3.8, 4) is 5.75 Å². The fourth-order valence-electron chi connectivity index (χ4n) is 2.49. The van der Waals surface area contributed by atoms with Crippen LogP contribution in [-0.2, 0) is 0 Å². The molecule has 1 aromatic heterocycles. The SMILES string of the molecule is COc1ccc(Nc2nccc(C(=O)Nc3cccc(C)c3C)n2)cc1Cl. The maximum atomic E-state index is 12.6. The molecule has 7 heteroatoms. The molecule has 0 aliphatic heterocycles. The van der Waals surface area contributed by atoms with Crippen LogP contribution in [0.5, 0.6) is 5.75 Å². The zero-order chi connectivity index (χ0) is 19.4. The molecule has 0 saturated carbocycles. The molecular weight excluding hydrogens is 364 g/mol. The first-order chi connectivity index (χ1) is 13.0. The summed E-state index contributed by atoms with van der Waals surface area (Å²) in [6.07, 6.45) is 1.53. The van der Waals surface area contributed by atoms with E-state index in [0.29, 0.717) is 22.4 Å². The van der Waals surface area contributed by atoms with Crippen molar-refractivity contribution in [2.24, 2.45) is 0 Å². The zero-order valence-corrected chi connectivity index (χ0v) is 16.0. The van der Waals surface area contributed by atoms with Crippen molar-refractivity contribution in [2.75, 3.05) is 17.7 Å². The summed E-state index contributed by atoms with van der Waals surface area (Å²) >= 11 is 6.13. The highest BCUT2D eigenvalue weighted by Crippen LogP contribution is 2.28. The van der Waals surface area contributed by atoms with Crippen molar-refractivity contribution in [1.82, 2.24) is 9.97 Å².